The van der Waals surface area contributed by atoms with Gasteiger partial charge in [-0.3, -0.25) is 0 Å². The number of benzene rings is 1. The molecular formula is C18H27N3O2. The van der Waals surface area contributed by atoms with Gasteiger partial charge in [0.05, 0.1) is 0 Å². The first-order chi connectivity index (χ1) is 11.2. The van der Waals surface area contributed by atoms with E-state index in [2.05, 4.69) is 22.6 Å². The van der Waals surface area contributed by atoms with Crippen molar-refractivity contribution in [2.45, 2.75) is 38.0 Å². The van der Waals surface area contributed by atoms with E-state index in [0.29, 0.717) is 12.6 Å². The van der Waals surface area contributed by atoms with Gasteiger partial charge in [0, 0.05) is 18.6 Å². The van der Waals surface area contributed by atoms with E-state index in [-0.39, 0.29) is 12.1 Å². The van der Waals surface area contributed by atoms with Crippen LogP contribution in [0, 0.1) is 5.92 Å². The molecule has 2 aliphatic rings. The number of likely N-dealkylation sites (tertiary alicyclic amines) is 1. The Morgan fingerprint density at radius 1 is 1.26 bits per heavy atom. The minimum Gasteiger partial charge on any atom is -0.445 e. The quantitative estimate of drug-likeness (QED) is 0.842. The molecular weight excluding hydrogens is 290 g/mol. The summed E-state index contributed by atoms with van der Waals surface area (Å²) in [5, 5.41) is 6.57. The summed E-state index contributed by atoms with van der Waals surface area (Å²) >= 11 is 0. The van der Waals surface area contributed by atoms with Crippen LogP contribution in [0.4, 0.5) is 4.79 Å². The first-order valence-electron chi connectivity index (χ1n) is 8.58. The van der Waals surface area contributed by atoms with E-state index in [1.165, 1.54) is 19.5 Å². The first-order valence-corrected chi connectivity index (χ1v) is 8.58. The zero-order valence-corrected chi connectivity index (χ0v) is 13.8. The van der Waals surface area contributed by atoms with Gasteiger partial charge in [0.15, 0.2) is 0 Å². The van der Waals surface area contributed by atoms with Gasteiger partial charge in [0.2, 0.25) is 0 Å². The molecule has 5 nitrogen and oxygen atoms in total. The average molecular weight is 317 g/mol. The SMILES string of the molecule is CN1CCC(CNC2CC(NC(=O)OCc3ccccc3)C2)C1. The largest absolute Gasteiger partial charge is 0.445 e. The molecule has 1 aliphatic carbocycles. The molecule has 3 rings (SSSR count). The fourth-order valence-electron chi connectivity index (χ4n) is 3.36. The maximum Gasteiger partial charge on any atom is 0.407 e. The van der Waals surface area contributed by atoms with Crippen molar-refractivity contribution in [1.29, 1.82) is 0 Å². The minimum atomic E-state index is -0.310. The van der Waals surface area contributed by atoms with Crippen LogP contribution in [0.2, 0.25) is 0 Å². The number of carbonyl (C=O) groups excluding carboxylic acids is 1. The minimum absolute atomic E-state index is 0.252. The van der Waals surface area contributed by atoms with Gasteiger partial charge in [0.1, 0.15) is 6.61 Å². The number of carbonyl (C=O) groups is 1. The Bertz CT molecular complexity index is 502. The molecule has 1 aliphatic heterocycles. The molecule has 23 heavy (non-hydrogen) atoms. The summed E-state index contributed by atoms with van der Waals surface area (Å²) in [6.45, 7) is 3.85. The molecule has 2 fully saturated rings. The fourth-order valence-corrected chi connectivity index (χ4v) is 3.36. The standard InChI is InChI=1S/C18H27N3O2/c1-21-8-7-15(12-21)11-19-16-9-17(10-16)20-18(22)23-13-14-5-3-2-4-6-14/h2-6,15-17,19H,7-13H2,1H3,(H,20,22). The molecule has 1 aromatic carbocycles. The smallest absolute Gasteiger partial charge is 0.407 e. The Hall–Kier alpha value is -1.59. The van der Waals surface area contributed by atoms with Gasteiger partial charge in [-0.25, -0.2) is 4.79 Å². The molecule has 1 atom stereocenters. The number of hydrogen-bond donors (Lipinski definition) is 2. The van der Waals surface area contributed by atoms with Crippen LogP contribution >= 0.6 is 0 Å². The van der Waals surface area contributed by atoms with Crippen LogP contribution in [0.25, 0.3) is 0 Å². The summed E-state index contributed by atoms with van der Waals surface area (Å²) in [4.78, 5) is 14.2. The second-order valence-electron chi connectivity index (χ2n) is 6.90. The summed E-state index contributed by atoms with van der Waals surface area (Å²) in [5.74, 6) is 0.780. The molecule has 1 saturated carbocycles. The Kier molecular flexibility index (Phi) is 5.51. The van der Waals surface area contributed by atoms with Gasteiger partial charge in [-0.05, 0) is 50.9 Å². The molecule has 0 spiro atoms. The number of amides is 1. The summed E-state index contributed by atoms with van der Waals surface area (Å²) < 4.78 is 5.25. The second-order valence-corrected chi connectivity index (χ2v) is 6.90. The number of nitrogens with zero attached hydrogens (tertiary/aromatic N) is 1. The maximum atomic E-state index is 11.8. The third-order valence-corrected chi connectivity index (χ3v) is 4.86. The van der Waals surface area contributed by atoms with Gasteiger partial charge in [-0.1, -0.05) is 30.3 Å². The topological polar surface area (TPSA) is 53.6 Å². The van der Waals surface area contributed by atoms with Gasteiger partial charge >= 0.3 is 6.09 Å². The Labute approximate surface area is 138 Å². The van der Waals surface area contributed by atoms with Gasteiger partial charge in [0.25, 0.3) is 0 Å². The van der Waals surface area contributed by atoms with Crippen molar-refractivity contribution < 1.29 is 9.53 Å². The van der Waals surface area contributed by atoms with Crippen molar-refractivity contribution in [3.63, 3.8) is 0 Å². The van der Waals surface area contributed by atoms with Crippen molar-refractivity contribution in [2.24, 2.45) is 5.92 Å². The highest BCUT2D eigenvalue weighted by Crippen LogP contribution is 2.21. The highest BCUT2D eigenvalue weighted by atomic mass is 16.5. The average Bonchev–Trinajstić information content (AvgIpc) is 2.94. The van der Waals surface area contributed by atoms with Crippen LogP contribution in [0.5, 0.6) is 0 Å². The van der Waals surface area contributed by atoms with Crippen LogP contribution in [-0.4, -0.2) is 49.8 Å². The molecule has 0 radical (unpaired) electrons. The van der Waals surface area contributed by atoms with Crippen LogP contribution < -0.4 is 10.6 Å². The number of alkyl carbamates (subject to hydrolysis) is 1. The molecule has 126 valence electrons. The van der Waals surface area contributed by atoms with Gasteiger partial charge in [-0.2, -0.15) is 0 Å². The fraction of sp³-hybridized carbons (Fsp3) is 0.611. The van der Waals surface area contributed by atoms with Crippen molar-refractivity contribution in [3.05, 3.63) is 35.9 Å². The van der Waals surface area contributed by atoms with E-state index < -0.39 is 0 Å². The molecule has 1 saturated heterocycles. The molecule has 1 unspecified atom stereocenters. The van der Waals surface area contributed by atoms with Crippen molar-refractivity contribution in [3.8, 4) is 0 Å². The van der Waals surface area contributed by atoms with E-state index in [4.69, 9.17) is 4.74 Å². The lowest BCUT2D eigenvalue weighted by Crippen LogP contribution is -2.53. The maximum absolute atomic E-state index is 11.8. The Balaban J connectivity index is 1.26. The van der Waals surface area contributed by atoms with Crippen molar-refractivity contribution >= 4 is 6.09 Å². The molecule has 5 heteroatoms. The number of rotatable bonds is 6. The molecule has 0 aromatic heterocycles. The molecule has 1 aromatic rings. The predicted molar refractivity (Wildman–Crippen MR) is 90.2 cm³/mol. The van der Waals surface area contributed by atoms with Crippen LogP contribution in [0.15, 0.2) is 30.3 Å². The van der Waals surface area contributed by atoms with Gasteiger partial charge in [-0.15, -0.1) is 0 Å². The summed E-state index contributed by atoms with van der Waals surface area (Å²) in [6.07, 6.45) is 2.99. The first kappa shape index (κ1) is 16.3. The highest BCUT2D eigenvalue weighted by Gasteiger charge is 2.31. The van der Waals surface area contributed by atoms with Crippen LogP contribution in [0.1, 0.15) is 24.8 Å². The second kappa shape index (κ2) is 7.79. The lowest BCUT2D eigenvalue weighted by molar-refractivity contribution is 0.125. The zero-order valence-electron chi connectivity index (χ0n) is 13.8. The van der Waals surface area contributed by atoms with E-state index >= 15 is 0 Å². The van der Waals surface area contributed by atoms with E-state index in [1.54, 1.807) is 0 Å². The summed E-state index contributed by atoms with van der Waals surface area (Å²) in [5.41, 5.74) is 1.01. The number of nitrogens with one attached hydrogen (secondary N) is 2. The van der Waals surface area contributed by atoms with Crippen LogP contribution in [0.3, 0.4) is 0 Å². The molecule has 0 bridgehead atoms. The molecule has 2 N–H and O–H groups in total. The number of hydrogen-bond acceptors (Lipinski definition) is 4. The van der Waals surface area contributed by atoms with Crippen LogP contribution in [-0.2, 0) is 11.3 Å². The van der Waals surface area contributed by atoms with Crippen molar-refractivity contribution in [2.75, 3.05) is 26.7 Å². The third kappa shape index (κ3) is 4.94. The Morgan fingerprint density at radius 2 is 2.04 bits per heavy atom. The number of ether oxygens (including phenoxy) is 1. The lowest BCUT2D eigenvalue weighted by Gasteiger charge is -2.36. The van der Waals surface area contributed by atoms with E-state index in [9.17, 15) is 4.79 Å². The summed E-state index contributed by atoms with van der Waals surface area (Å²) in [6, 6.07) is 10.5. The highest BCUT2D eigenvalue weighted by molar-refractivity contribution is 5.67. The summed E-state index contributed by atoms with van der Waals surface area (Å²) in [7, 11) is 2.18. The predicted octanol–water partition coefficient (Wildman–Crippen LogP) is 1.99. The monoisotopic (exact) mass is 317 g/mol. The normalized spacial score (nSPS) is 27.4. The van der Waals surface area contributed by atoms with E-state index in [1.807, 2.05) is 30.3 Å². The molecule has 1 amide bonds. The van der Waals surface area contributed by atoms with Crippen molar-refractivity contribution in [1.82, 2.24) is 15.5 Å². The van der Waals surface area contributed by atoms with E-state index in [0.717, 1.165) is 30.9 Å². The zero-order chi connectivity index (χ0) is 16.1. The molecule has 1 heterocycles. The third-order valence-electron chi connectivity index (χ3n) is 4.86. The van der Waals surface area contributed by atoms with Gasteiger partial charge < -0.3 is 20.3 Å². The Morgan fingerprint density at radius 3 is 2.74 bits per heavy atom. The lowest BCUT2D eigenvalue weighted by atomic mass is 9.86.